The number of hydrogen-bond donors (Lipinski definition) is 0. The van der Waals surface area contributed by atoms with Gasteiger partial charge >= 0.3 is 0 Å². The molecular weight excluding hydrogens is 1030 g/mol. The summed E-state index contributed by atoms with van der Waals surface area (Å²) in [6.45, 7) is 46.9. The molecule has 0 aliphatic heterocycles. The van der Waals surface area contributed by atoms with Crippen LogP contribution in [0.25, 0.3) is 71.7 Å². The van der Waals surface area contributed by atoms with Gasteiger partial charge in [-0.05, 0) is 225 Å². The van der Waals surface area contributed by atoms with Gasteiger partial charge in [-0.15, -0.1) is 8.19 Å². The fraction of sp³-hybridized carbons (Fsp3) is 0.235. The first-order chi connectivity index (χ1) is 40.5. The lowest BCUT2D eigenvalue weighted by atomic mass is 9.80. The minimum absolute atomic E-state index is 0.196. The summed E-state index contributed by atoms with van der Waals surface area (Å²) in [6.07, 6.45) is 18.0. The van der Waals surface area contributed by atoms with Crippen LogP contribution in [0, 0.1) is 12.8 Å². The van der Waals surface area contributed by atoms with Crippen LogP contribution >= 0.6 is 8.19 Å². The number of allylic oxidation sites excluding steroid dienone is 12. The molecule has 1 fully saturated rings. The van der Waals surface area contributed by atoms with Gasteiger partial charge in [-0.2, -0.15) is 0 Å². The zero-order valence-corrected chi connectivity index (χ0v) is 53.4. The van der Waals surface area contributed by atoms with Crippen LogP contribution in [-0.4, -0.2) is 4.57 Å². The largest absolute Gasteiger partial charge is 0.344 e. The third-order valence-corrected chi connectivity index (χ3v) is 19.1. The van der Waals surface area contributed by atoms with Gasteiger partial charge in [0.2, 0.25) is 0 Å². The molecule has 1 atom stereocenters. The van der Waals surface area contributed by atoms with Gasteiger partial charge < -0.3 is 9.47 Å². The predicted molar refractivity (Wildman–Crippen MR) is 377 cm³/mol. The van der Waals surface area contributed by atoms with Crippen LogP contribution < -0.4 is 4.90 Å². The molecule has 0 radical (unpaired) electrons. The first kappa shape index (κ1) is 60.4. The van der Waals surface area contributed by atoms with Crippen molar-refractivity contribution in [3.63, 3.8) is 0 Å². The lowest BCUT2D eigenvalue weighted by Gasteiger charge is -2.32. The maximum absolute atomic E-state index is 4.26. The normalized spacial score (nSPS) is 15.4. The SMILES string of the molecule is C=C/C(C)=C(\C=C/C)C(/C)=C(/C(=C\C)N(c1ccc2c(c1)C(C)(C)c1cc(C)c(C=C)c(C=C)c1-2)c1ccc2c3ccccc3n(C)c2c1)C1CC1.C=C/C(C)=C1/Cc2ccccc2C1=C.CC.CC(C)c1ccc2c(c1)[pH]c1ccccc12. The van der Waals surface area contributed by atoms with Crippen molar-refractivity contribution in [2.24, 2.45) is 13.0 Å². The highest BCUT2D eigenvalue weighted by Crippen LogP contribution is 2.54. The van der Waals surface area contributed by atoms with Crippen molar-refractivity contribution >= 4 is 80.1 Å². The van der Waals surface area contributed by atoms with E-state index in [0.717, 1.165) is 37.1 Å². The molecule has 2 heterocycles. The first-order valence-corrected chi connectivity index (χ1v) is 31.3. The van der Waals surface area contributed by atoms with Gasteiger partial charge in [-0.3, -0.25) is 0 Å². The number of rotatable bonds is 12. The Labute approximate surface area is 504 Å². The van der Waals surface area contributed by atoms with Gasteiger partial charge in [0.25, 0.3) is 0 Å². The highest BCUT2D eigenvalue weighted by atomic mass is 31.0. The van der Waals surface area contributed by atoms with Gasteiger partial charge in [-0.1, -0.05) is 214 Å². The molecule has 3 aliphatic carbocycles. The average Bonchev–Trinajstić information content (AvgIpc) is 1.64. The Hall–Kier alpha value is -8.16. The van der Waals surface area contributed by atoms with Crippen LogP contribution in [-0.2, 0) is 18.9 Å². The number of fused-ring (bicyclic) bond motifs is 10. The van der Waals surface area contributed by atoms with Crippen LogP contribution in [0.1, 0.15) is 139 Å². The fourth-order valence-electron chi connectivity index (χ4n) is 13.0. The van der Waals surface area contributed by atoms with E-state index in [1.807, 2.05) is 38.2 Å². The highest BCUT2D eigenvalue weighted by molar-refractivity contribution is 7.43. The van der Waals surface area contributed by atoms with Gasteiger partial charge in [0.05, 0.1) is 5.52 Å². The number of aryl methyl sites for hydroxylation is 2. The minimum Gasteiger partial charge on any atom is -0.344 e. The van der Waals surface area contributed by atoms with Crippen molar-refractivity contribution < 1.29 is 0 Å². The summed E-state index contributed by atoms with van der Waals surface area (Å²) < 4.78 is 2.34. The first-order valence-electron chi connectivity index (χ1n) is 30.3. The van der Waals surface area contributed by atoms with Crippen molar-refractivity contribution in [1.29, 1.82) is 0 Å². The fourth-order valence-corrected chi connectivity index (χ4v) is 14.4. The monoisotopic (exact) mass is 1120 g/mol. The smallest absolute Gasteiger partial charge is 0.0509 e. The second-order valence-electron chi connectivity index (χ2n) is 23.4. The molecule has 7 aromatic carbocycles. The van der Waals surface area contributed by atoms with E-state index in [1.165, 1.54) is 145 Å². The van der Waals surface area contributed by atoms with Crippen LogP contribution in [0.2, 0.25) is 0 Å². The molecule has 84 heavy (non-hydrogen) atoms. The molecule has 0 spiro atoms. The maximum atomic E-state index is 4.26. The lowest BCUT2D eigenvalue weighted by molar-refractivity contribution is 0.659. The van der Waals surface area contributed by atoms with E-state index >= 15 is 0 Å². The molecule has 3 aliphatic rings. The van der Waals surface area contributed by atoms with E-state index in [0.29, 0.717) is 11.8 Å². The van der Waals surface area contributed by atoms with Crippen molar-refractivity contribution in [2.75, 3.05) is 4.90 Å². The summed E-state index contributed by atoms with van der Waals surface area (Å²) >= 11 is 0. The molecule has 0 amide bonds. The number of anilines is 2. The molecule has 0 bridgehead atoms. The topological polar surface area (TPSA) is 8.17 Å². The highest BCUT2D eigenvalue weighted by Gasteiger charge is 2.39. The molecule has 426 valence electrons. The predicted octanol–water partition coefficient (Wildman–Crippen LogP) is 24.0. The second-order valence-corrected chi connectivity index (χ2v) is 24.7. The number of hydrogen-bond acceptors (Lipinski definition) is 1. The van der Waals surface area contributed by atoms with Gasteiger partial charge in [0.15, 0.2) is 0 Å². The molecule has 1 unspecified atom stereocenters. The van der Waals surface area contributed by atoms with E-state index in [-0.39, 0.29) is 5.41 Å². The van der Waals surface area contributed by atoms with Crippen molar-refractivity contribution in [3.8, 4) is 11.1 Å². The number of para-hydroxylation sites is 1. The van der Waals surface area contributed by atoms with Crippen LogP contribution in [0.3, 0.4) is 0 Å². The van der Waals surface area contributed by atoms with E-state index in [1.54, 1.807) is 0 Å². The Balaban J connectivity index is 0.000000212. The third kappa shape index (κ3) is 11.1. The molecule has 9 aromatic rings. The second kappa shape index (κ2) is 25.4. The quantitative estimate of drug-likeness (QED) is 0.111. The Morgan fingerprint density at radius 2 is 1.31 bits per heavy atom. The zero-order chi connectivity index (χ0) is 60.3. The summed E-state index contributed by atoms with van der Waals surface area (Å²) in [6, 6.07) is 49.4. The molecule has 0 saturated heterocycles. The van der Waals surface area contributed by atoms with Crippen molar-refractivity contribution in [1.82, 2.24) is 4.57 Å². The van der Waals surface area contributed by atoms with Gasteiger partial charge in [0, 0.05) is 45.8 Å². The Kier molecular flexibility index (Phi) is 18.2. The summed E-state index contributed by atoms with van der Waals surface area (Å²) in [4.78, 5) is 2.53. The summed E-state index contributed by atoms with van der Waals surface area (Å²) in [5.41, 5.74) is 27.7. The molecule has 3 heteroatoms. The number of benzene rings is 7. The van der Waals surface area contributed by atoms with Crippen molar-refractivity contribution in [3.05, 3.63) is 280 Å². The Morgan fingerprint density at radius 3 is 1.96 bits per heavy atom. The van der Waals surface area contributed by atoms with Crippen LogP contribution in [0.4, 0.5) is 11.4 Å². The van der Waals surface area contributed by atoms with E-state index in [4.69, 9.17) is 0 Å². The third-order valence-electron chi connectivity index (χ3n) is 17.8. The van der Waals surface area contributed by atoms with Crippen LogP contribution in [0.5, 0.6) is 0 Å². The Morgan fingerprint density at radius 1 is 0.679 bits per heavy atom. The Bertz CT molecular complexity index is 4250. The summed E-state index contributed by atoms with van der Waals surface area (Å²) in [5, 5.41) is 8.45. The van der Waals surface area contributed by atoms with E-state index < -0.39 is 0 Å². The lowest BCUT2D eigenvalue weighted by Crippen LogP contribution is -2.21. The molecule has 12 rings (SSSR count). The standard InChI is InChI=1S/C50H52N2.C15H15P.C14H14.C2H6/c1-12-19-39(31(6)13-2)33(8)48(34-22-23-34)45(16-5)52(36-24-26-41-40-20-17-18-21-46(40)51(11)47(41)30-36)35-25-27-42-43(29-35)50(9,10)44-28-32(7)37(14-3)38(15-4)49(42)44;1-10(2)11-7-8-13-12-5-3-4-6-14(12)16-15(13)9-11;1-4-10(2)14-9-12-7-5-6-8-13(12)11(14)3;1-2/h12-21,24-30,34H,2-4,22-23H2,1,5-11H3;3-10,16H,1-2H3;4-8H,1,3,9H2,2H3;1-2H3/b19-12-,39-31+,45-16+,48-33+;;14-10-;. The minimum atomic E-state index is -0.196. The van der Waals surface area contributed by atoms with Gasteiger partial charge in [-0.25, -0.2) is 0 Å². The van der Waals surface area contributed by atoms with Crippen molar-refractivity contribution in [2.45, 2.75) is 114 Å². The molecule has 2 aromatic heterocycles. The summed E-state index contributed by atoms with van der Waals surface area (Å²) in [5.74, 6) is 1.12. The van der Waals surface area contributed by atoms with Gasteiger partial charge in [0.1, 0.15) is 0 Å². The summed E-state index contributed by atoms with van der Waals surface area (Å²) in [7, 11) is 3.03. The molecule has 0 N–H and O–H groups in total. The number of nitrogens with zero attached hydrogens (tertiary/aromatic N) is 2. The molecular formula is C81H87N2P. The zero-order valence-electron chi connectivity index (χ0n) is 52.4. The average molecular weight is 1120 g/mol. The number of aromatic nitrogens is 1. The van der Waals surface area contributed by atoms with E-state index in [2.05, 4.69) is 270 Å². The maximum Gasteiger partial charge on any atom is 0.0509 e. The van der Waals surface area contributed by atoms with Crippen LogP contribution in [0.15, 0.2) is 236 Å². The molecule has 2 nitrogen and oxygen atoms in total. The van der Waals surface area contributed by atoms with E-state index in [9.17, 15) is 0 Å². The molecule has 1 saturated carbocycles.